The fourth-order valence-corrected chi connectivity index (χ4v) is 6.00. The van der Waals surface area contributed by atoms with Gasteiger partial charge in [-0.2, -0.15) is 4.98 Å². The lowest BCUT2D eigenvalue weighted by atomic mass is 9.78. The van der Waals surface area contributed by atoms with Gasteiger partial charge in [0.15, 0.2) is 5.82 Å². The van der Waals surface area contributed by atoms with E-state index in [-0.39, 0.29) is 5.41 Å². The molecule has 36 heavy (non-hydrogen) atoms. The average molecular weight is 486 g/mol. The first-order chi connectivity index (χ1) is 17.6. The van der Waals surface area contributed by atoms with Gasteiger partial charge in [-0.1, -0.05) is 47.6 Å². The Labute approximate surface area is 212 Å². The van der Waals surface area contributed by atoms with E-state index in [2.05, 4.69) is 40.8 Å². The molecule has 3 saturated carbocycles. The van der Waals surface area contributed by atoms with Crippen LogP contribution in [-0.2, 0) is 18.3 Å². The van der Waals surface area contributed by atoms with Crippen molar-refractivity contribution in [3.8, 4) is 0 Å². The summed E-state index contributed by atoms with van der Waals surface area (Å²) < 4.78 is 5.72. The van der Waals surface area contributed by atoms with Gasteiger partial charge in [0.2, 0.25) is 5.89 Å². The van der Waals surface area contributed by atoms with E-state index < -0.39 is 5.97 Å². The third kappa shape index (κ3) is 5.24. The topological polar surface area (TPSA) is 88.2 Å². The van der Waals surface area contributed by atoms with Crippen molar-refractivity contribution >= 4 is 5.97 Å². The van der Waals surface area contributed by atoms with Crippen molar-refractivity contribution in [2.75, 3.05) is 6.54 Å². The summed E-state index contributed by atoms with van der Waals surface area (Å²) >= 11 is 0. The Morgan fingerprint density at radius 1 is 0.972 bits per heavy atom. The van der Waals surface area contributed by atoms with E-state index in [1.807, 2.05) is 12.1 Å². The molecule has 3 aliphatic carbocycles. The summed E-state index contributed by atoms with van der Waals surface area (Å²) in [6, 6.07) is 18.7. The second kappa shape index (κ2) is 9.81. The number of nitrogens with one attached hydrogen (secondary N) is 1. The molecule has 2 aromatic carbocycles. The number of carboxylic acids is 1. The van der Waals surface area contributed by atoms with E-state index >= 15 is 0 Å². The molecule has 0 saturated heterocycles. The van der Waals surface area contributed by atoms with Crippen molar-refractivity contribution in [1.82, 2.24) is 15.5 Å². The van der Waals surface area contributed by atoms with Crippen LogP contribution in [0.3, 0.4) is 0 Å². The van der Waals surface area contributed by atoms with E-state index in [0.29, 0.717) is 29.4 Å². The average Bonchev–Trinajstić information content (AvgIpc) is 3.82. The highest BCUT2D eigenvalue weighted by Crippen LogP contribution is 2.48. The fourth-order valence-electron chi connectivity index (χ4n) is 6.00. The highest BCUT2D eigenvalue weighted by molar-refractivity contribution is 5.87. The number of benzene rings is 2. The molecule has 6 nitrogen and oxygen atoms in total. The molecule has 0 spiro atoms. The Morgan fingerprint density at radius 2 is 1.67 bits per heavy atom. The summed E-state index contributed by atoms with van der Waals surface area (Å²) in [5.41, 5.74) is 3.09. The largest absolute Gasteiger partial charge is 0.478 e. The molecule has 0 bridgehead atoms. The van der Waals surface area contributed by atoms with Crippen molar-refractivity contribution < 1.29 is 14.4 Å². The van der Waals surface area contributed by atoms with Crippen LogP contribution in [0.15, 0.2) is 59.1 Å². The lowest BCUT2D eigenvalue weighted by molar-refractivity contribution is 0.0697. The van der Waals surface area contributed by atoms with E-state index in [0.717, 1.165) is 43.9 Å². The number of carbonyl (C=O) groups is 1. The standard InChI is InChI=1S/C30H35N3O3/c34-28(35)24-12-10-21(11-13-24)16-20-6-8-22(9-7-20)17-27-32-29(33-36-27)30(14-15-30)19-31-26-18-25(26)23-4-2-1-3-5-23/h1-5,10-13,20,22,25-26,31H,6-9,14-19H2,(H,34,35)/t20?,22?,25-,26+/m1/s1. The van der Waals surface area contributed by atoms with Gasteiger partial charge in [-0.15, -0.1) is 0 Å². The summed E-state index contributed by atoms with van der Waals surface area (Å²) in [6.45, 7) is 0.943. The number of aromatic nitrogens is 2. The normalized spacial score (nSPS) is 26.4. The van der Waals surface area contributed by atoms with Crippen LogP contribution in [0, 0.1) is 11.8 Å². The number of aromatic carboxylic acids is 1. The second-order valence-electron chi connectivity index (χ2n) is 11.3. The molecule has 1 heterocycles. The minimum Gasteiger partial charge on any atom is -0.478 e. The van der Waals surface area contributed by atoms with Crippen LogP contribution in [0.1, 0.15) is 84.1 Å². The third-order valence-electron chi connectivity index (χ3n) is 8.67. The molecular formula is C30H35N3O3. The summed E-state index contributed by atoms with van der Waals surface area (Å²) in [5.74, 6) is 2.75. The highest BCUT2D eigenvalue weighted by Gasteiger charge is 2.50. The summed E-state index contributed by atoms with van der Waals surface area (Å²) in [7, 11) is 0. The third-order valence-corrected chi connectivity index (χ3v) is 8.67. The minimum absolute atomic E-state index is 0.0689. The van der Waals surface area contributed by atoms with Gasteiger partial charge in [-0.05, 0) is 86.5 Å². The minimum atomic E-state index is -0.866. The van der Waals surface area contributed by atoms with Crippen molar-refractivity contribution in [3.63, 3.8) is 0 Å². The Hall–Kier alpha value is -2.99. The summed E-state index contributed by atoms with van der Waals surface area (Å²) in [4.78, 5) is 15.9. The molecular weight excluding hydrogens is 450 g/mol. The molecule has 0 aliphatic heterocycles. The maximum Gasteiger partial charge on any atom is 0.335 e. The number of nitrogens with zero attached hydrogens (tertiary/aromatic N) is 2. The zero-order valence-corrected chi connectivity index (χ0v) is 20.7. The van der Waals surface area contributed by atoms with Gasteiger partial charge in [0.05, 0.1) is 5.56 Å². The first-order valence-corrected chi connectivity index (χ1v) is 13.5. The van der Waals surface area contributed by atoms with E-state index in [1.165, 1.54) is 43.2 Å². The Kier molecular flexibility index (Phi) is 6.38. The molecule has 2 N–H and O–H groups in total. The van der Waals surface area contributed by atoms with Gasteiger partial charge in [0.25, 0.3) is 0 Å². The van der Waals surface area contributed by atoms with Gasteiger partial charge in [-0.3, -0.25) is 0 Å². The Balaban J connectivity index is 0.958. The molecule has 1 aromatic heterocycles. The molecule has 0 radical (unpaired) electrons. The van der Waals surface area contributed by atoms with Crippen molar-refractivity contribution in [3.05, 3.63) is 83.0 Å². The molecule has 0 unspecified atom stereocenters. The molecule has 6 rings (SSSR count). The van der Waals surface area contributed by atoms with E-state index in [4.69, 9.17) is 14.6 Å². The molecule has 3 aromatic rings. The van der Waals surface area contributed by atoms with Crippen LogP contribution in [-0.4, -0.2) is 33.8 Å². The summed E-state index contributed by atoms with van der Waals surface area (Å²) in [6.07, 6.45) is 10.2. The van der Waals surface area contributed by atoms with Crippen molar-refractivity contribution in [1.29, 1.82) is 0 Å². The van der Waals surface area contributed by atoms with Gasteiger partial charge in [-0.25, -0.2) is 4.79 Å². The number of rotatable bonds is 10. The van der Waals surface area contributed by atoms with Crippen molar-refractivity contribution in [2.45, 2.75) is 75.2 Å². The van der Waals surface area contributed by atoms with Gasteiger partial charge < -0.3 is 14.9 Å². The summed E-state index contributed by atoms with van der Waals surface area (Å²) in [5, 5.41) is 17.3. The van der Waals surface area contributed by atoms with Gasteiger partial charge in [0, 0.05) is 30.3 Å². The lowest BCUT2D eigenvalue weighted by Crippen LogP contribution is -2.30. The quantitative estimate of drug-likeness (QED) is 0.392. The molecule has 3 aliphatic rings. The Bertz CT molecular complexity index is 1180. The smallest absolute Gasteiger partial charge is 0.335 e. The zero-order chi connectivity index (χ0) is 24.5. The molecule has 3 fully saturated rings. The van der Waals surface area contributed by atoms with Crippen LogP contribution < -0.4 is 5.32 Å². The SMILES string of the molecule is O=C(O)c1ccc(CC2CCC(Cc3nc(C4(CN[C@H]5C[C@@H]5c5ccccc5)CC4)no3)CC2)cc1. The van der Waals surface area contributed by atoms with E-state index in [9.17, 15) is 4.79 Å². The molecule has 188 valence electrons. The fraction of sp³-hybridized carbons (Fsp3) is 0.500. The highest BCUT2D eigenvalue weighted by atomic mass is 16.5. The monoisotopic (exact) mass is 485 g/mol. The van der Waals surface area contributed by atoms with Crippen LogP contribution >= 0.6 is 0 Å². The second-order valence-corrected chi connectivity index (χ2v) is 11.3. The van der Waals surface area contributed by atoms with Crippen LogP contribution in [0.25, 0.3) is 0 Å². The molecule has 2 atom stereocenters. The predicted octanol–water partition coefficient (Wildman–Crippen LogP) is 5.54. The van der Waals surface area contributed by atoms with E-state index in [1.54, 1.807) is 12.1 Å². The van der Waals surface area contributed by atoms with Gasteiger partial charge >= 0.3 is 5.97 Å². The predicted molar refractivity (Wildman–Crippen MR) is 137 cm³/mol. The number of hydrogen-bond acceptors (Lipinski definition) is 5. The molecule has 6 heteroatoms. The first kappa shape index (κ1) is 23.4. The van der Waals surface area contributed by atoms with Crippen LogP contribution in [0.4, 0.5) is 0 Å². The molecule has 0 amide bonds. The zero-order valence-electron chi connectivity index (χ0n) is 20.7. The first-order valence-electron chi connectivity index (χ1n) is 13.5. The maximum absolute atomic E-state index is 11.1. The van der Waals surface area contributed by atoms with Crippen molar-refractivity contribution in [2.24, 2.45) is 11.8 Å². The maximum atomic E-state index is 11.1. The number of hydrogen-bond donors (Lipinski definition) is 2. The van der Waals surface area contributed by atoms with Crippen LogP contribution in [0.2, 0.25) is 0 Å². The Morgan fingerprint density at radius 3 is 2.33 bits per heavy atom. The van der Waals surface area contributed by atoms with Gasteiger partial charge in [0.1, 0.15) is 0 Å². The number of carboxylic acid groups (broad SMARTS) is 1. The lowest BCUT2D eigenvalue weighted by Gasteiger charge is -2.27. The van der Waals surface area contributed by atoms with Crippen LogP contribution in [0.5, 0.6) is 0 Å².